The first-order chi connectivity index (χ1) is 20.1. The van der Waals surface area contributed by atoms with Gasteiger partial charge in [0.1, 0.15) is 11.4 Å². The number of rotatable bonds is 6. The van der Waals surface area contributed by atoms with Crippen molar-refractivity contribution < 1.29 is 38.8 Å². The minimum absolute atomic E-state index is 0.0189. The highest BCUT2D eigenvalue weighted by atomic mass is 32.3. The standard InChI is InChI=1S/C30H21F4NO6S2/c1-18-3-9-23(10-4-18)42(37,38)35(43(39,40)24-11-5-19(2)6-12-24)22-8-14-28-20(15-22)16-26(29(36)41-28)25-13-7-21(17-27(25)31)30(32,33)34/h3-17H,1-2H3. The zero-order valence-corrected chi connectivity index (χ0v) is 24.0. The molecule has 0 unspecified atom stereocenters. The van der Waals surface area contributed by atoms with E-state index in [1.54, 1.807) is 13.8 Å². The van der Waals surface area contributed by atoms with Crippen LogP contribution in [0.25, 0.3) is 22.1 Å². The molecule has 0 saturated heterocycles. The average Bonchev–Trinajstić information content (AvgIpc) is 2.93. The fraction of sp³-hybridized carbons (Fsp3) is 0.100. The lowest BCUT2D eigenvalue weighted by atomic mass is 10.0. The molecule has 0 radical (unpaired) electrons. The largest absolute Gasteiger partial charge is 0.422 e. The topological polar surface area (TPSA) is 102 Å². The molecule has 5 aromatic rings. The molecular formula is C30H21F4NO6S2. The van der Waals surface area contributed by atoms with E-state index in [1.807, 2.05) is 0 Å². The molecule has 0 amide bonds. The number of halogens is 4. The van der Waals surface area contributed by atoms with Gasteiger partial charge in [0, 0.05) is 10.9 Å². The van der Waals surface area contributed by atoms with Crippen LogP contribution in [0.4, 0.5) is 23.2 Å². The van der Waals surface area contributed by atoms with E-state index in [4.69, 9.17) is 4.42 Å². The first kappa shape index (κ1) is 30.0. The summed E-state index contributed by atoms with van der Waals surface area (Å²) >= 11 is 0. The van der Waals surface area contributed by atoms with E-state index >= 15 is 0 Å². The molecule has 0 aliphatic heterocycles. The van der Waals surface area contributed by atoms with Crippen LogP contribution >= 0.6 is 0 Å². The van der Waals surface area contributed by atoms with Crippen molar-refractivity contribution in [2.75, 3.05) is 3.71 Å². The highest BCUT2D eigenvalue weighted by molar-refractivity contribution is 8.10. The van der Waals surface area contributed by atoms with Crippen molar-refractivity contribution in [1.82, 2.24) is 0 Å². The number of fused-ring (bicyclic) bond motifs is 1. The third-order valence-corrected chi connectivity index (χ3v) is 10.8. The Morgan fingerprint density at radius 3 is 1.70 bits per heavy atom. The van der Waals surface area contributed by atoms with Gasteiger partial charge in [-0.05, 0) is 74.5 Å². The normalized spacial score (nSPS) is 12.4. The second-order valence-electron chi connectivity index (χ2n) is 9.70. The Morgan fingerprint density at radius 2 is 1.21 bits per heavy atom. The number of alkyl halides is 3. The van der Waals surface area contributed by atoms with Gasteiger partial charge in [-0.3, -0.25) is 0 Å². The Kier molecular flexibility index (Phi) is 7.43. The monoisotopic (exact) mass is 631 g/mol. The van der Waals surface area contributed by atoms with Crippen molar-refractivity contribution in [3.8, 4) is 11.1 Å². The summed E-state index contributed by atoms with van der Waals surface area (Å²) in [6.07, 6.45) is -4.82. The average molecular weight is 632 g/mol. The van der Waals surface area contributed by atoms with Crippen LogP contribution in [0.1, 0.15) is 16.7 Å². The summed E-state index contributed by atoms with van der Waals surface area (Å²) in [6.45, 7) is 3.46. The van der Waals surface area contributed by atoms with Crippen LogP contribution in [0.3, 0.4) is 0 Å². The summed E-state index contributed by atoms with van der Waals surface area (Å²) in [5.74, 6) is -1.34. The molecule has 222 valence electrons. The van der Waals surface area contributed by atoms with E-state index in [2.05, 4.69) is 0 Å². The molecule has 4 aromatic carbocycles. The smallest absolute Gasteiger partial charge is 0.416 e. The third kappa shape index (κ3) is 5.65. The molecule has 0 bridgehead atoms. The van der Waals surface area contributed by atoms with Gasteiger partial charge in [0.2, 0.25) is 0 Å². The van der Waals surface area contributed by atoms with Crippen molar-refractivity contribution in [1.29, 1.82) is 0 Å². The maximum atomic E-state index is 14.8. The van der Waals surface area contributed by atoms with E-state index in [-0.39, 0.29) is 36.2 Å². The first-order valence-corrected chi connectivity index (χ1v) is 15.4. The van der Waals surface area contributed by atoms with Crippen molar-refractivity contribution in [2.24, 2.45) is 0 Å². The van der Waals surface area contributed by atoms with Crippen LogP contribution in [0.5, 0.6) is 0 Å². The lowest BCUT2D eigenvalue weighted by Gasteiger charge is -2.24. The molecule has 0 fully saturated rings. The van der Waals surface area contributed by atoms with E-state index in [0.29, 0.717) is 6.07 Å². The number of sulfonamides is 2. The summed E-state index contributed by atoms with van der Waals surface area (Å²) in [7, 11) is -9.53. The maximum Gasteiger partial charge on any atom is 0.416 e. The van der Waals surface area contributed by atoms with Gasteiger partial charge >= 0.3 is 11.8 Å². The molecule has 5 rings (SSSR count). The number of hydrogen-bond acceptors (Lipinski definition) is 6. The molecule has 1 heterocycles. The molecule has 0 saturated carbocycles. The third-order valence-electron chi connectivity index (χ3n) is 6.59. The van der Waals surface area contributed by atoms with Crippen molar-refractivity contribution in [2.45, 2.75) is 29.8 Å². The number of hydrogen-bond donors (Lipinski definition) is 0. The van der Waals surface area contributed by atoms with Crippen LogP contribution in [-0.2, 0) is 26.2 Å². The Labute approximate surface area is 243 Å². The molecule has 0 aliphatic rings. The van der Waals surface area contributed by atoms with Crippen LogP contribution in [0, 0.1) is 19.7 Å². The number of anilines is 1. The zero-order chi connectivity index (χ0) is 31.3. The van der Waals surface area contributed by atoms with Gasteiger partial charge in [-0.2, -0.15) is 16.9 Å². The minimum atomic E-state index is -4.82. The summed E-state index contributed by atoms with van der Waals surface area (Å²) in [5.41, 5.74) is -2.29. The molecule has 7 nitrogen and oxygen atoms in total. The lowest BCUT2D eigenvalue weighted by Crippen LogP contribution is -2.37. The van der Waals surface area contributed by atoms with Crippen LogP contribution in [0.2, 0.25) is 0 Å². The van der Waals surface area contributed by atoms with Crippen molar-refractivity contribution in [3.05, 3.63) is 124 Å². The SMILES string of the molecule is Cc1ccc(S(=O)(=O)N(c2ccc3oc(=O)c(-c4ccc(C(F)(F)F)cc4F)cc3c2)S(=O)(=O)c2ccc(C)cc2)cc1. The summed E-state index contributed by atoms with van der Waals surface area (Å²) < 4.78 is 115. The summed E-state index contributed by atoms with van der Waals surface area (Å²) in [5, 5.41) is -0.0189. The Bertz CT molecular complexity index is 2070. The first-order valence-electron chi connectivity index (χ1n) is 12.5. The predicted molar refractivity (Wildman–Crippen MR) is 152 cm³/mol. The number of aryl methyl sites for hydroxylation is 2. The quantitative estimate of drug-likeness (QED) is 0.151. The second-order valence-corrected chi connectivity index (χ2v) is 13.5. The molecular weight excluding hydrogens is 610 g/mol. The highest BCUT2D eigenvalue weighted by Gasteiger charge is 2.37. The van der Waals surface area contributed by atoms with E-state index in [1.165, 1.54) is 54.6 Å². The molecule has 0 spiro atoms. The second kappa shape index (κ2) is 10.7. The molecule has 43 heavy (non-hydrogen) atoms. The molecule has 0 aliphatic carbocycles. The van der Waals surface area contributed by atoms with Crippen LogP contribution in [0.15, 0.2) is 110 Å². The number of benzene rings is 4. The fourth-order valence-electron chi connectivity index (χ4n) is 4.34. The number of nitrogens with zero attached hydrogens (tertiary/aromatic N) is 1. The van der Waals surface area contributed by atoms with Gasteiger partial charge in [0.15, 0.2) is 0 Å². The lowest BCUT2D eigenvalue weighted by molar-refractivity contribution is -0.137. The minimum Gasteiger partial charge on any atom is -0.422 e. The molecule has 0 atom stereocenters. The van der Waals surface area contributed by atoms with Gasteiger partial charge in [-0.25, -0.2) is 26.0 Å². The van der Waals surface area contributed by atoms with Crippen LogP contribution < -0.4 is 9.34 Å². The zero-order valence-electron chi connectivity index (χ0n) is 22.4. The van der Waals surface area contributed by atoms with Crippen molar-refractivity contribution >= 4 is 36.7 Å². The van der Waals surface area contributed by atoms with Crippen molar-refractivity contribution in [3.63, 3.8) is 0 Å². The Morgan fingerprint density at radius 1 is 0.674 bits per heavy atom. The van der Waals surface area contributed by atoms with Gasteiger partial charge < -0.3 is 4.42 Å². The Balaban J connectivity index is 1.72. The van der Waals surface area contributed by atoms with Gasteiger partial charge in [-0.1, -0.05) is 41.5 Å². The highest BCUT2D eigenvalue weighted by Crippen LogP contribution is 2.35. The fourth-order valence-corrected chi connectivity index (χ4v) is 8.02. The van der Waals surface area contributed by atoms with E-state index in [9.17, 15) is 39.2 Å². The predicted octanol–water partition coefficient (Wildman–Crippen LogP) is 6.82. The van der Waals surface area contributed by atoms with Crippen LogP contribution in [-0.4, -0.2) is 16.8 Å². The molecule has 0 N–H and O–H groups in total. The van der Waals surface area contributed by atoms with E-state index in [0.717, 1.165) is 35.4 Å². The summed E-state index contributed by atoms with van der Waals surface area (Å²) in [4.78, 5) is 12.0. The summed E-state index contributed by atoms with van der Waals surface area (Å²) in [6, 6.07) is 17.1. The van der Waals surface area contributed by atoms with E-state index < -0.39 is 54.4 Å². The van der Waals surface area contributed by atoms with Gasteiger partial charge in [0.25, 0.3) is 20.0 Å². The molecule has 13 heteroatoms. The van der Waals surface area contributed by atoms with Gasteiger partial charge in [-0.15, -0.1) is 0 Å². The molecule has 1 aromatic heterocycles. The van der Waals surface area contributed by atoms with Gasteiger partial charge in [0.05, 0.1) is 26.6 Å². The maximum absolute atomic E-state index is 14.8. The Hall–Kier alpha value is -4.49.